The summed E-state index contributed by atoms with van der Waals surface area (Å²) in [5, 5.41) is 7.24. The minimum absolute atomic E-state index is 0.0558. The molecule has 1 amide bonds. The van der Waals surface area contributed by atoms with Gasteiger partial charge in [-0.1, -0.05) is 28.1 Å². The lowest BCUT2D eigenvalue weighted by molar-refractivity contribution is 0.0700. The summed E-state index contributed by atoms with van der Waals surface area (Å²) in [6.45, 7) is 2.37. The van der Waals surface area contributed by atoms with Gasteiger partial charge in [0, 0.05) is 35.1 Å². The number of H-pyrrole nitrogens is 1. The zero-order valence-corrected chi connectivity index (χ0v) is 15.0. The second kappa shape index (κ2) is 6.69. The van der Waals surface area contributed by atoms with Crippen LogP contribution in [0.25, 0.3) is 11.3 Å². The lowest BCUT2D eigenvalue weighted by Gasteiger charge is -2.24. The van der Waals surface area contributed by atoms with E-state index < -0.39 is 0 Å². The molecule has 1 atom stereocenters. The number of hydrogen-bond acceptors (Lipinski definition) is 3. The van der Waals surface area contributed by atoms with Crippen molar-refractivity contribution >= 4 is 21.8 Å². The molecular formula is C18H20BrN3O2. The monoisotopic (exact) mass is 389 g/mol. The van der Waals surface area contributed by atoms with Gasteiger partial charge in [-0.25, -0.2) is 0 Å². The number of carbonyl (C=O) groups is 1. The van der Waals surface area contributed by atoms with Crippen molar-refractivity contribution in [2.45, 2.75) is 25.3 Å². The first-order valence-electron chi connectivity index (χ1n) is 8.41. The third-order valence-corrected chi connectivity index (χ3v) is 5.20. The molecule has 2 heterocycles. The third-order valence-electron chi connectivity index (χ3n) is 4.68. The van der Waals surface area contributed by atoms with Crippen LogP contribution in [0, 0.1) is 5.92 Å². The van der Waals surface area contributed by atoms with E-state index in [-0.39, 0.29) is 5.91 Å². The number of ether oxygens (including phenoxy) is 1. The van der Waals surface area contributed by atoms with Crippen LogP contribution in [0.15, 0.2) is 34.8 Å². The van der Waals surface area contributed by atoms with E-state index in [1.165, 1.54) is 0 Å². The largest absolute Gasteiger partial charge is 0.381 e. The van der Waals surface area contributed by atoms with Crippen LogP contribution >= 0.6 is 15.9 Å². The molecule has 5 nitrogen and oxygen atoms in total. The van der Waals surface area contributed by atoms with Crippen molar-refractivity contribution in [2.75, 3.05) is 19.8 Å². The van der Waals surface area contributed by atoms with Crippen molar-refractivity contribution in [1.82, 2.24) is 15.1 Å². The van der Waals surface area contributed by atoms with Gasteiger partial charge in [0.1, 0.15) is 5.69 Å². The first-order valence-corrected chi connectivity index (χ1v) is 9.20. The maximum atomic E-state index is 12.9. The number of nitrogens with zero attached hydrogens (tertiary/aromatic N) is 2. The molecule has 126 valence electrons. The van der Waals surface area contributed by atoms with Gasteiger partial charge in [0.05, 0.1) is 12.3 Å². The molecule has 24 heavy (non-hydrogen) atoms. The zero-order valence-electron chi connectivity index (χ0n) is 13.4. The zero-order chi connectivity index (χ0) is 16.5. The molecule has 6 heteroatoms. The molecule has 0 unspecified atom stereocenters. The molecule has 2 aliphatic rings. The van der Waals surface area contributed by atoms with E-state index in [9.17, 15) is 4.79 Å². The van der Waals surface area contributed by atoms with Gasteiger partial charge in [0.15, 0.2) is 0 Å². The average molecular weight is 390 g/mol. The third kappa shape index (κ3) is 3.39. The molecule has 1 aromatic carbocycles. The highest BCUT2D eigenvalue weighted by Crippen LogP contribution is 2.30. The van der Waals surface area contributed by atoms with Gasteiger partial charge in [-0.05, 0) is 37.5 Å². The van der Waals surface area contributed by atoms with Crippen LogP contribution in [0.4, 0.5) is 0 Å². The molecule has 0 spiro atoms. The van der Waals surface area contributed by atoms with Crippen LogP contribution in [0.2, 0.25) is 0 Å². The Labute approximate surface area is 149 Å². The van der Waals surface area contributed by atoms with E-state index in [2.05, 4.69) is 26.1 Å². The van der Waals surface area contributed by atoms with E-state index in [1.54, 1.807) is 0 Å². The number of halogens is 1. The Bertz CT molecular complexity index is 718. The smallest absolute Gasteiger partial charge is 0.272 e. The lowest BCUT2D eigenvalue weighted by atomic mass is 10.1. The number of benzene rings is 1. The van der Waals surface area contributed by atoms with Crippen molar-refractivity contribution in [3.8, 4) is 11.3 Å². The fourth-order valence-electron chi connectivity index (χ4n) is 3.14. The van der Waals surface area contributed by atoms with Crippen molar-refractivity contribution < 1.29 is 9.53 Å². The molecule has 1 saturated heterocycles. The van der Waals surface area contributed by atoms with Gasteiger partial charge >= 0.3 is 0 Å². The molecule has 0 radical (unpaired) electrons. The van der Waals surface area contributed by atoms with E-state index >= 15 is 0 Å². The van der Waals surface area contributed by atoms with Crippen molar-refractivity contribution in [2.24, 2.45) is 5.92 Å². The summed E-state index contributed by atoms with van der Waals surface area (Å²) in [6.07, 6.45) is 3.25. The fraction of sp³-hybridized carbons (Fsp3) is 0.444. The van der Waals surface area contributed by atoms with Gasteiger partial charge in [-0.2, -0.15) is 5.10 Å². The number of aromatic nitrogens is 2. The van der Waals surface area contributed by atoms with E-state index in [1.807, 2.05) is 35.2 Å². The Hall–Kier alpha value is -1.66. The van der Waals surface area contributed by atoms with Crippen LogP contribution in [-0.4, -0.2) is 46.8 Å². The summed E-state index contributed by atoms with van der Waals surface area (Å²) in [4.78, 5) is 14.9. The number of hydrogen-bond donors (Lipinski definition) is 1. The highest BCUT2D eigenvalue weighted by molar-refractivity contribution is 9.10. The molecule has 1 aromatic heterocycles. The minimum atomic E-state index is 0.0558. The van der Waals surface area contributed by atoms with E-state index in [0.29, 0.717) is 17.7 Å². The summed E-state index contributed by atoms with van der Waals surface area (Å²) >= 11 is 3.43. The van der Waals surface area contributed by atoms with Crippen molar-refractivity contribution in [1.29, 1.82) is 0 Å². The molecule has 1 N–H and O–H groups in total. The van der Waals surface area contributed by atoms with Crippen molar-refractivity contribution in [3.63, 3.8) is 0 Å². The molecule has 4 rings (SSSR count). The second-order valence-corrected chi connectivity index (χ2v) is 7.51. The minimum Gasteiger partial charge on any atom is -0.381 e. The predicted octanol–water partition coefficient (Wildman–Crippen LogP) is 3.48. The molecule has 0 bridgehead atoms. The average Bonchev–Trinajstić information content (AvgIpc) is 3.10. The van der Waals surface area contributed by atoms with Gasteiger partial charge in [0.25, 0.3) is 5.91 Å². The highest BCUT2D eigenvalue weighted by Gasteiger charge is 2.35. The number of aromatic amines is 1. The maximum Gasteiger partial charge on any atom is 0.272 e. The fourth-order valence-corrected chi connectivity index (χ4v) is 3.41. The van der Waals surface area contributed by atoms with Gasteiger partial charge in [0.2, 0.25) is 0 Å². The van der Waals surface area contributed by atoms with Crippen LogP contribution < -0.4 is 0 Å². The van der Waals surface area contributed by atoms with Crippen LogP contribution in [0.3, 0.4) is 0 Å². The highest BCUT2D eigenvalue weighted by atomic mass is 79.9. The van der Waals surface area contributed by atoms with Crippen molar-refractivity contribution in [3.05, 3.63) is 40.5 Å². The summed E-state index contributed by atoms with van der Waals surface area (Å²) in [6, 6.07) is 10.2. The summed E-state index contributed by atoms with van der Waals surface area (Å²) in [5.74, 6) is 0.517. The summed E-state index contributed by atoms with van der Waals surface area (Å²) in [7, 11) is 0. The first-order chi connectivity index (χ1) is 11.7. The molecule has 1 aliphatic carbocycles. The summed E-state index contributed by atoms with van der Waals surface area (Å²) < 4.78 is 6.48. The topological polar surface area (TPSA) is 58.2 Å². The van der Waals surface area contributed by atoms with Crippen LogP contribution in [0.5, 0.6) is 0 Å². The maximum absolute atomic E-state index is 12.9. The standard InChI is InChI=1S/C18H20BrN3O2/c19-14-3-1-13(2-4-14)16-9-17(21-20-16)18(23)22(15-5-6-15)10-12-7-8-24-11-12/h1-4,9,12,15H,5-8,10-11H2,(H,20,21)/t12-/m0/s1. The Morgan fingerprint density at radius 2 is 2.08 bits per heavy atom. The summed E-state index contributed by atoms with van der Waals surface area (Å²) in [5.41, 5.74) is 2.36. The van der Waals surface area contributed by atoms with E-state index in [4.69, 9.17) is 4.74 Å². The second-order valence-electron chi connectivity index (χ2n) is 6.59. The molecular weight excluding hydrogens is 370 g/mol. The van der Waals surface area contributed by atoms with Gasteiger partial charge < -0.3 is 9.64 Å². The molecule has 1 saturated carbocycles. The quantitative estimate of drug-likeness (QED) is 0.851. The predicted molar refractivity (Wildman–Crippen MR) is 94.7 cm³/mol. The molecule has 1 aliphatic heterocycles. The Morgan fingerprint density at radius 1 is 1.29 bits per heavy atom. The van der Waals surface area contributed by atoms with Gasteiger partial charge in [-0.3, -0.25) is 9.89 Å². The normalized spacial score (nSPS) is 20.3. The first kappa shape index (κ1) is 15.8. The number of amides is 1. The number of rotatable bonds is 5. The Kier molecular flexibility index (Phi) is 4.41. The Balaban J connectivity index is 1.51. The van der Waals surface area contributed by atoms with Crippen LogP contribution in [-0.2, 0) is 4.74 Å². The Morgan fingerprint density at radius 3 is 2.75 bits per heavy atom. The number of carbonyl (C=O) groups excluding carboxylic acids is 1. The van der Waals surface area contributed by atoms with Crippen LogP contribution in [0.1, 0.15) is 29.8 Å². The van der Waals surface area contributed by atoms with E-state index in [0.717, 1.165) is 54.8 Å². The molecule has 2 fully saturated rings. The lowest BCUT2D eigenvalue weighted by Crippen LogP contribution is -2.37. The number of nitrogens with one attached hydrogen (secondary N) is 1. The van der Waals surface area contributed by atoms with Gasteiger partial charge in [-0.15, -0.1) is 0 Å². The molecule has 2 aromatic rings. The SMILES string of the molecule is O=C(c1cc(-c2ccc(Br)cc2)n[nH]1)N(C[C@@H]1CCOC1)C1CC1.